The van der Waals surface area contributed by atoms with Gasteiger partial charge in [0.1, 0.15) is 0 Å². The van der Waals surface area contributed by atoms with Crippen molar-refractivity contribution in [3.8, 4) is 12.1 Å². The topological polar surface area (TPSA) is 56.8 Å². The average molecular weight is 110 g/mol. The number of hydrogen-bond acceptors (Lipinski definition) is 3. The second-order valence-corrected chi connectivity index (χ2v) is 1.22. The maximum absolute atomic E-state index is 8.13. The van der Waals surface area contributed by atoms with E-state index in [0.29, 0.717) is 0 Å². The van der Waals surface area contributed by atoms with Gasteiger partial charge in [-0.3, -0.25) is 0 Å². The third-order valence-corrected chi connectivity index (χ3v) is 0.705. The standard InChI is InChI=1S/C5H6N2O/c1-8-5(4-7)2-3-6/h5H,2H2,1H3. The van der Waals surface area contributed by atoms with Gasteiger partial charge in [-0.05, 0) is 0 Å². The van der Waals surface area contributed by atoms with E-state index in [1.807, 2.05) is 12.1 Å². The molecule has 0 saturated heterocycles. The first-order valence-electron chi connectivity index (χ1n) is 2.14. The summed E-state index contributed by atoms with van der Waals surface area (Å²) >= 11 is 0. The summed E-state index contributed by atoms with van der Waals surface area (Å²) in [5.41, 5.74) is 0. The van der Waals surface area contributed by atoms with Gasteiger partial charge in [-0.1, -0.05) is 0 Å². The van der Waals surface area contributed by atoms with Crippen LogP contribution in [0.25, 0.3) is 0 Å². The Morgan fingerprint density at radius 1 is 1.62 bits per heavy atom. The van der Waals surface area contributed by atoms with E-state index in [1.54, 1.807) is 0 Å². The van der Waals surface area contributed by atoms with E-state index in [-0.39, 0.29) is 6.42 Å². The highest BCUT2D eigenvalue weighted by molar-refractivity contribution is 4.90. The normalized spacial score (nSPS) is 11.4. The van der Waals surface area contributed by atoms with Crippen molar-refractivity contribution in [2.75, 3.05) is 7.11 Å². The zero-order valence-electron chi connectivity index (χ0n) is 4.59. The van der Waals surface area contributed by atoms with Crippen LogP contribution in [0.3, 0.4) is 0 Å². The van der Waals surface area contributed by atoms with Crippen LogP contribution in [0, 0.1) is 22.7 Å². The molecule has 3 nitrogen and oxygen atoms in total. The molecule has 42 valence electrons. The fourth-order valence-electron chi connectivity index (χ4n) is 0.265. The molecule has 0 aliphatic carbocycles. The van der Waals surface area contributed by atoms with E-state index in [1.165, 1.54) is 7.11 Å². The van der Waals surface area contributed by atoms with Crippen molar-refractivity contribution in [1.29, 1.82) is 10.5 Å². The van der Waals surface area contributed by atoms with Gasteiger partial charge in [0.25, 0.3) is 0 Å². The zero-order valence-corrected chi connectivity index (χ0v) is 4.59. The number of methoxy groups -OCH3 is 1. The first-order chi connectivity index (χ1) is 3.85. The molecule has 0 aromatic heterocycles. The lowest BCUT2D eigenvalue weighted by atomic mass is 10.3. The van der Waals surface area contributed by atoms with Crippen molar-refractivity contribution < 1.29 is 4.74 Å². The predicted octanol–water partition coefficient (Wildman–Crippen LogP) is 0.439. The van der Waals surface area contributed by atoms with Gasteiger partial charge in [-0.15, -0.1) is 0 Å². The summed E-state index contributed by atoms with van der Waals surface area (Å²) in [6.07, 6.45) is -0.410. The lowest BCUT2D eigenvalue weighted by Crippen LogP contribution is -2.04. The SMILES string of the molecule is COC(C#N)CC#N. The molecule has 0 bridgehead atoms. The summed E-state index contributed by atoms with van der Waals surface area (Å²) in [7, 11) is 1.41. The van der Waals surface area contributed by atoms with Crippen LogP contribution in [-0.2, 0) is 4.74 Å². The molecule has 1 atom stereocenters. The fraction of sp³-hybridized carbons (Fsp3) is 0.600. The quantitative estimate of drug-likeness (QED) is 0.518. The van der Waals surface area contributed by atoms with E-state index in [9.17, 15) is 0 Å². The van der Waals surface area contributed by atoms with Crippen LogP contribution in [0.15, 0.2) is 0 Å². The van der Waals surface area contributed by atoms with Gasteiger partial charge in [0.15, 0.2) is 6.10 Å². The molecule has 0 saturated carbocycles. The Hall–Kier alpha value is -1.06. The Balaban J connectivity index is 3.45. The summed E-state index contributed by atoms with van der Waals surface area (Å²) in [6, 6.07) is 3.63. The Kier molecular flexibility index (Phi) is 3.56. The van der Waals surface area contributed by atoms with Crippen molar-refractivity contribution >= 4 is 0 Å². The molecule has 0 heterocycles. The number of rotatable bonds is 2. The minimum atomic E-state index is -0.556. The maximum Gasteiger partial charge on any atom is 0.156 e. The first kappa shape index (κ1) is 6.94. The molecule has 0 amide bonds. The number of nitriles is 2. The van der Waals surface area contributed by atoms with Gasteiger partial charge >= 0.3 is 0 Å². The predicted molar refractivity (Wildman–Crippen MR) is 26.6 cm³/mol. The molecule has 0 aliphatic rings. The Morgan fingerprint density at radius 3 is 2.38 bits per heavy atom. The fourth-order valence-corrected chi connectivity index (χ4v) is 0.265. The van der Waals surface area contributed by atoms with Gasteiger partial charge < -0.3 is 4.74 Å². The van der Waals surface area contributed by atoms with Crippen molar-refractivity contribution in [3.05, 3.63) is 0 Å². The van der Waals surface area contributed by atoms with E-state index in [0.717, 1.165) is 0 Å². The molecule has 0 N–H and O–H groups in total. The zero-order chi connectivity index (χ0) is 6.41. The number of ether oxygens (including phenoxy) is 1. The van der Waals surface area contributed by atoms with Crippen molar-refractivity contribution in [2.45, 2.75) is 12.5 Å². The van der Waals surface area contributed by atoms with Crippen LogP contribution in [-0.4, -0.2) is 13.2 Å². The maximum atomic E-state index is 8.13. The summed E-state index contributed by atoms with van der Waals surface area (Å²) < 4.78 is 4.56. The molecule has 0 rings (SSSR count). The number of nitrogens with zero attached hydrogens (tertiary/aromatic N) is 2. The molecule has 0 fully saturated rings. The minimum Gasteiger partial charge on any atom is -0.365 e. The van der Waals surface area contributed by atoms with Crippen LogP contribution in [0.2, 0.25) is 0 Å². The molecule has 3 heteroatoms. The highest BCUT2D eigenvalue weighted by atomic mass is 16.5. The second-order valence-electron chi connectivity index (χ2n) is 1.22. The number of hydrogen-bond donors (Lipinski definition) is 0. The van der Waals surface area contributed by atoms with Crippen LogP contribution in [0.1, 0.15) is 6.42 Å². The van der Waals surface area contributed by atoms with Gasteiger partial charge in [0.05, 0.1) is 18.6 Å². The van der Waals surface area contributed by atoms with Gasteiger partial charge in [0.2, 0.25) is 0 Å². The van der Waals surface area contributed by atoms with Gasteiger partial charge in [-0.2, -0.15) is 10.5 Å². The molecule has 1 unspecified atom stereocenters. The highest BCUT2D eigenvalue weighted by Gasteiger charge is 2.00. The van der Waals surface area contributed by atoms with E-state index in [2.05, 4.69) is 4.74 Å². The highest BCUT2D eigenvalue weighted by Crippen LogP contribution is 1.90. The Bertz CT molecular complexity index is 130. The van der Waals surface area contributed by atoms with Crippen LogP contribution < -0.4 is 0 Å². The Morgan fingerprint density at radius 2 is 2.25 bits per heavy atom. The molecule has 0 radical (unpaired) electrons. The van der Waals surface area contributed by atoms with E-state index >= 15 is 0 Å². The lowest BCUT2D eigenvalue weighted by molar-refractivity contribution is 0.150. The molecule has 0 aromatic carbocycles. The van der Waals surface area contributed by atoms with E-state index < -0.39 is 6.10 Å². The molecule has 0 spiro atoms. The third kappa shape index (κ3) is 2.17. The average Bonchev–Trinajstić information content (AvgIpc) is 1.83. The van der Waals surface area contributed by atoms with Gasteiger partial charge in [-0.25, -0.2) is 0 Å². The van der Waals surface area contributed by atoms with Crippen molar-refractivity contribution in [2.24, 2.45) is 0 Å². The minimum absolute atomic E-state index is 0.146. The van der Waals surface area contributed by atoms with Crippen molar-refractivity contribution in [1.82, 2.24) is 0 Å². The molecule has 0 aliphatic heterocycles. The molecule has 0 aromatic rings. The smallest absolute Gasteiger partial charge is 0.156 e. The van der Waals surface area contributed by atoms with Gasteiger partial charge in [0, 0.05) is 7.11 Å². The molecular formula is C5H6N2O. The first-order valence-corrected chi connectivity index (χ1v) is 2.14. The monoisotopic (exact) mass is 110 g/mol. The van der Waals surface area contributed by atoms with Crippen LogP contribution in [0.5, 0.6) is 0 Å². The van der Waals surface area contributed by atoms with Crippen LogP contribution >= 0.6 is 0 Å². The third-order valence-electron chi connectivity index (χ3n) is 0.705. The summed E-state index contributed by atoms with van der Waals surface area (Å²) in [4.78, 5) is 0. The largest absolute Gasteiger partial charge is 0.365 e. The van der Waals surface area contributed by atoms with E-state index in [4.69, 9.17) is 10.5 Å². The Labute approximate surface area is 48.1 Å². The molecule has 8 heavy (non-hydrogen) atoms. The summed E-state index contributed by atoms with van der Waals surface area (Å²) in [5.74, 6) is 0. The summed E-state index contributed by atoms with van der Waals surface area (Å²) in [5, 5.41) is 16.1. The molecular weight excluding hydrogens is 104 g/mol. The lowest BCUT2D eigenvalue weighted by Gasteiger charge is -1.96. The van der Waals surface area contributed by atoms with Crippen molar-refractivity contribution in [3.63, 3.8) is 0 Å². The summed E-state index contributed by atoms with van der Waals surface area (Å²) in [6.45, 7) is 0. The van der Waals surface area contributed by atoms with Crippen LogP contribution in [0.4, 0.5) is 0 Å². The second kappa shape index (κ2) is 4.11.